The lowest BCUT2D eigenvalue weighted by Crippen LogP contribution is -2.48. The van der Waals surface area contributed by atoms with Crippen LogP contribution in [0.2, 0.25) is 0 Å². The highest BCUT2D eigenvalue weighted by atomic mass is 79.9. The molecular formula is C16H18BrN3O2. The van der Waals surface area contributed by atoms with Crippen molar-refractivity contribution in [3.63, 3.8) is 0 Å². The molecule has 0 bridgehead atoms. The number of nitrogens with one attached hydrogen (secondary N) is 1. The minimum atomic E-state index is -0.264. The van der Waals surface area contributed by atoms with E-state index in [4.69, 9.17) is 5.73 Å². The predicted octanol–water partition coefficient (Wildman–Crippen LogP) is 2.24. The Morgan fingerprint density at radius 2 is 2.18 bits per heavy atom. The average molecular weight is 364 g/mol. The molecule has 1 aromatic heterocycles. The van der Waals surface area contributed by atoms with Gasteiger partial charge in [0.2, 0.25) is 5.56 Å². The Hall–Kier alpha value is -1.66. The van der Waals surface area contributed by atoms with Crippen LogP contribution in [0, 0.1) is 0 Å². The highest BCUT2D eigenvalue weighted by molar-refractivity contribution is 9.10. The van der Waals surface area contributed by atoms with Crippen LogP contribution in [-0.4, -0.2) is 34.4 Å². The van der Waals surface area contributed by atoms with Crippen LogP contribution in [0.15, 0.2) is 33.5 Å². The lowest BCUT2D eigenvalue weighted by atomic mass is 9.97. The third-order valence-electron chi connectivity index (χ3n) is 4.21. The molecule has 0 saturated carbocycles. The molecule has 0 aliphatic carbocycles. The summed E-state index contributed by atoms with van der Waals surface area (Å²) in [7, 11) is 0. The van der Waals surface area contributed by atoms with Crippen molar-refractivity contribution in [1.29, 1.82) is 0 Å². The van der Waals surface area contributed by atoms with Gasteiger partial charge in [-0.1, -0.05) is 15.9 Å². The van der Waals surface area contributed by atoms with Gasteiger partial charge in [-0.15, -0.1) is 0 Å². The maximum atomic E-state index is 12.9. The summed E-state index contributed by atoms with van der Waals surface area (Å²) in [4.78, 5) is 29.3. The van der Waals surface area contributed by atoms with E-state index >= 15 is 0 Å². The standard InChI is InChI=1S/C16H18BrN3O2/c1-9-6-11(18)4-5-20(9)16(22)13-8-15(21)19-14-3-2-10(17)7-12(13)14/h2-3,7-9,11H,4-6,18H2,1H3,(H,19,21)/t9-,11-/m0/s1. The van der Waals surface area contributed by atoms with Gasteiger partial charge in [-0.25, -0.2) is 0 Å². The molecule has 0 spiro atoms. The van der Waals surface area contributed by atoms with Crippen LogP contribution in [0.4, 0.5) is 0 Å². The lowest BCUT2D eigenvalue weighted by Gasteiger charge is -2.36. The Balaban J connectivity index is 2.07. The monoisotopic (exact) mass is 363 g/mol. The van der Waals surface area contributed by atoms with Crippen LogP contribution in [0.3, 0.4) is 0 Å². The summed E-state index contributed by atoms with van der Waals surface area (Å²) in [5, 5.41) is 0.751. The van der Waals surface area contributed by atoms with Crippen LogP contribution in [-0.2, 0) is 0 Å². The number of nitrogens with two attached hydrogens (primary N) is 1. The molecule has 1 aromatic carbocycles. The Bertz CT molecular complexity index is 787. The Morgan fingerprint density at radius 1 is 1.41 bits per heavy atom. The molecule has 2 heterocycles. The third-order valence-corrected chi connectivity index (χ3v) is 4.71. The van der Waals surface area contributed by atoms with Gasteiger partial charge in [0.1, 0.15) is 0 Å². The first-order valence-electron chi connectivity index (χ1n) is 7.35. The summed E-state index contributed by atoms with van der Waals surface area (Å²) in [6.07, 6.45) is 1.58. The molecule has 22 heavy (non-hydrogen) atoms. The fourth-order valence-electron chi connectivity index (χ4n) is 3.07. The number of fused-ring (bicyclic) bond motifs is 1. The molecule has 2 atom stereocenters. The lowest BCUT2D eigenvalue weighted by molar-refractivity contribution is 0.0621. The molecular weight excluding hydrogens is 346 g/mol. The molecule has 6 heteroatoms. The fraction of sp³-hybridized carbons (Fsp3) is 0.375. The van der Waals surface area contributed by atoms with Gasteiger partial charge in [0.15, 0.2) is 0 Å². The minimum absolute atomic E-state index is 0.0812. The zero-order valence-corrected chi connectivity index (χ0v) is 13.9. The van der Waals surface area contributed by atoms with Crippen molar-refractivity contribution in [2.24, 2.45) is 5.73 Å². The number of piperidine rings is 1. The Labute approximate surface area is 136 Å². The highest BCUT2D eigenvalue weighted by Crippen LogP contribution is 2.24. The second-order valence-electron chi connectivity index (χ2n) is 5.87. The number of carbonyl (C=O) groups excluding carboxylic acids is 1. The Morgan fingerprint density at radius 3 is 2.91 bits per heavy atom. The molecule has 1 aliphatic rings. The van der Waals surface area contributed by atoms with Crippen LogP contribution in [0.5, 0.6) is 0 Å². The molecule has 1 amide bonds. The number of aromatic amines is 1. The zero-order valence-electron chi connectivity index (χ0n) is 12.3. The summed E-state index contributed by atoms with van der Waals surface area (Å²) in [6, 6.07) is 7.11. The fourth-order valence-corrected chi connectivity index (χ4v) is 3.43. The van der Waals surface area contributed by atoms with Crippen LogP contribution < -0.4 is 11.3 Å². The van der Waals surface area contributed by atoms with Gasteiger partial charge in [0.25, 0.3) is 5.91 Å². The summed E-state index contributed by atoms with van der Waals surface area (Å²) < 4.78 is 0.870. The number of aromatic nitrogens is 1. The molecule has 0 unspecified atom stereocenters. The number of benzene rings is 1. The number of rotatable bonds is 1. The van der Waals surface area contributed by atoms with Crippen molar-refractivity contribution in [1.82, 2.24) is 9.88 Å². The van der Waals surface area contributed by atoms with Crippen molar-refractivity contribution in [3.8, 4) is 0 Å². The summed E-state index contributed by atoms with van der Waals surface area (Å²) in [6.45, 7) is 2.63. The SMILES string of the molecule is C[C@H]1C[C@@H](N)CCN1C(=O)c1cc(=O)[nH]c2ccc(Br)cc12. The molecule has 3 N–H and O–H groups in total. The molecule has 3 rings (SSSR count). The van der Waals surface area contributed by atoms with Gasteiger partial charge in [-0.05, 0) is 38.0 Å². The van der Waals surface area contributed by atoms with Gasteiger partial charge in [-0.2, -0.15) is 0 Å². The van der Waals surface area contributed by atoms with E-state index in [0.717, 1.165) is 22.7 Å². The van der Waals surface area contributed by atoms with Crippen molar-refractivity contribution in [2.75, 3.05) is 6.54 Å². The van der Waals surface area contributed by atoms with E-state index in [0.29, 0.717) is 17.6 Å². The molecule has 1 saturated heterocycles. The van der Waals surface area contributed by atoms with E-state index < -0.39 is 0 Å². The largest absolute Gasteiger partial charge is 0.336 e. The quantitative estimate of drug-likeness (QED) is 0.815. The van der Waals surface area contributed by atoms with E-state index in [2.05, 4.69) is 20.9 Å². The number of H-pyrrole nitrogens is 1. The zero-order chi connectivity index (χ0) is 15.9. The molecule has 2 aromatic rings. The van der Waals surface area contributed by atoms with Crippen LogP contribution >= 0.6 is 15.9 Å². The van der Waals surface area contributed by atoms with E-state index in [9.17, 15) is 9.59 Å². The number of carbonyl (C=O) groups is 1. The van der Waals surface area contributed by atoms with Crippen molar-refractivity contribution in [2.45, 2.75) is 31.8 Å². The number of hydrogen-bond acceptors (Lipinski definition) is 3. The third kappa shape index (κ3) is 2.80. The van der Waals surface area contributed by atoms with Crippen LogP contribution in [0.25, 0.3) is 10.9 Å². The van der Waals surface area contributed by atoms with Crippen LogP contribution in [0.1, 0.15) is 30.1 Å². The van der Waals surface area contributed by atoms with E-state index in [1.165, 1.54) is 6.07 Å². The topological polar surface area (TPSA) is 79.2 Å². The number of amides is 1. The number of nitrogens with zero attached hydrogens (tertiary/aromatic N) is 1. The van der Waals surface area contributed by atoms with E-state index in [-0.39, 0.29) is 23.6 Å². The number of hydrogen-bond donors (Lipinski definition) is 2. The second kappa shape index (κ2) is 5.85. The van der Waals surface area contributed by atoms with Crippen molar-refractivity contribution >= 4 is 32.7 Å². The summed E-state index contributed by atoms with van der Waals surface area (Å²) in [5.74, 6) is -0.103. The smallest absolute Gasteiger partial charge is 0.254 e. The van der Waals surface area contributed by atoms with E-state index in [1.54, 1.807) is 6.07 Å². The Kier molecular flexibility index (Phi) is 4.06. The van der Waals surface area contributed by atoms with Gasteiger partial charge in [-0.3, -0.25) is 9.59 Å². The van der Waals surface area contributed by atoms with Gasteiger partial charge in [0, 0.05) is 40.1 Å². The number of likely N-dealkylation sites (tertiary alicyclic amines) is 1. The summed E-state index contributed by atoms with van der Waals surface area (Å²) >= 11 is 3.42. The molecule has 1 fully saturated rings. The van der Waals surface area contributed by atoms with Crippen molar-refractivity contribution < 1.29 is 4.79 Å². The van der Waals surface area contributed by atoms with Gasteiger partial charge in [0.05, 0.1) is 5.56 Å². The number of pyridine rings is 1. The van der Waals surface area contributed by atoms with Gasteiger partial charge < -0.3 is 15.6 Å². The average Bonchev–Trinajstić information content (AvgIpc) is 2.46. The number of halogens is 1. The summed E-state index contributed by atoms with van der Waals surface area (Å²) in [5.41, 5.74) is 6.81. The molecule has 5 nitrogen and oxygen atoms in total. The first-order chi connectivity index (χ1) is 10.5. The molecule has 0 radical (unpaired) electrons. The first kappa shape index (κ1) is 15.2. The molecule has 116 valence electrons. The predicted molar refractivity (Wildman–Crippen MR) is 90.0 cm³/mol. The first-order valence-corrected chi connectivity index (χ1v) is 8.14. The van der Waals surface area contributed by atoms with Gasteiger partial charge >= 0.3 is 0 Å². The normalized spacial score (nSPS) is 22.0. The van der Waals surface area contributed by atoms with E-state index in [1.807, 2.05) is 24.0 Å². The molecule has 1 aliphatic heterocycles. The maximum absolute atomic E-state index is 12.9. The highest BCUT2D eigenvalue weighted by Gasteiger charge is 2.28. The second-order valence-corrected chi connectivity index (χ2v) is 6.78. The van der Waals surface area contributed by atoms with Crippen molar-refractivity contribution in [3.05, 3.63) is 44.7 Å². The minimum Gasteiger partial charge on any atom is -0.336 e. The maximum Gasteiger partial charge on any atom is 0.254 e.